The number of ether oxygens (including phenoxy) is 1. The van der Waals surface area contributed by atoms with Gasteiger partial charge in [0.2, 0.25) is 0 Å². The molecule has 3 rings (SSSR count). The van der Waals surface area contributed by atoms with Crippen LogP contribution in [0.2, 0.25) is 0 Å². The van der Waals surface area contributed by atoms with Crippen LogP contribution >= 0.6 is 11.3 Å². The van der Waals surface area contributed by atoms with E-state index in [1.807, 2.05) is 30.3 Å². The van der Waals surface area contributed by atoms with Crippen LogP contribution < -0.4 is 0 Å². The van der Waals surface area contributed by atoms with Crippen molar-refractivity contribution in [1.29, 1.82) is 0 Å². The van der Waals surface area contributed by atoms with Crippen LogP contribution in [0.4, 0.5) is 9.18 Å². The van der Waals surface area contributed by atoms with Gasteiger partial charge in [0.1, 0.15) is 10.6 Å². The first-order valence-electron chi connectivity index (χ1n) is 8.88. The summed E-state index contributed by atoms with van der Waals surface area (Å²) in [6.45, 7) is 4.37. The van der Waals surface area contributed by atoms with Gasteiger partial charge >= 0.3 is 6.09 Å². The second-order valence-electron chi connectivity index (χ2n) is 7.74. The number of hydrogen-bond donors (Lipinski definition) is 0. The van der Waals surface area contributed by atoms with Crippen LogP contribution in [0.25, 0.3) is 0 Å². The van der Waals surface area contributed by atoms with E-state index in [4.69, 9.17) is 4.74 Å². The third-order valence-corrected chi connectivity index (χ3v) is 7.55. The lowest BCUT2D eigenvalue weighted by Crippen LogP contribution is -2.54. The molecule has 1 saturated heterocycles. The highest BCUT2D eigenvalue weighted by atomic mass is 32.2. The van der Waals surface area contributed by atoms with Crippen molar-refractivity contribution >= 4 is 27.3 Å². The van der Waals surface area contributed by atoms with Gasteiger partial charge in [-0.1, -0.05) is 30.3 Å². The van der Waals surface area contributed by atoms with Crippen LogP contribution in [-0.4, -0.2) is 48.8 Å². The van der Waals surface area contributed by atoms with Crippen molar-refractivity contribution in [3.63, 3.8) is 0 Å². The Hall–Kier alpha value is -2.00. The first kappa shape index (κ1) is 20.7. The number of halogens is 1. The van der Waals surface area contributed by atoms with Crippen LogP contribution in [0.3, 0.4) is 0 Å². The minimum Gasteiger partial charge on any atom is -0.444 e. The largest absolute Gasteiger partial charge is 0.444 e. The average Bonchev–Trinajstić information content (AvgIpc) is 3.06. The lowest BCUT2D eigenvalue weighted by atomic mass is 10.1. The Kier molecular flexibility index (Phi) is 5.51. The summed E-state index contributed by atoms with van der Waals surface area (Å²) in [4.78, 5) is 18.2. The minimum atomic E-state index is -4.11. The molecular formula is C19H23FN2O4S2. The molecule has 1 fully saturated rings. The third-order valence-electron chi connectivity index (χ3n) is 4.26. The zero-order valence-corrected chi connectivity index (χ0v) is 17.6. The van der Waals surface area contributed by atoms with Gasteiger partial charge in [-0.25, -0.2) is 22.6 Å². The van der Waals surface area contributed by atoms with Gasteiger partial charge in [-0.15, -0.1) is 11.3 Å². The molecule has 28 heavy (non-hydrogen) atoms. The number of aromatic nitrogens is 1. The second-order valence-corrected chi connectivity index (χ2v) is 11.1. The number of alkyl halides is 1. The average molecular weight is 427 g/mol. The molecule has 0 bridgehead atoms. The van der Waals surface area contributed by atoms with Crippen LogP contribution in [0.15, 0.2) is 36.5 Å². The molecule has 0 spiro atoms. The van der Waals surface area contributed by atoms with Gasteiger partial charge in [-0.05, 0) is 26.3 Å². The van der Waals surface area contributed by atoms with Crippen molar-refractivity contribution in [3.8, 4) is 0 Å². The second kappa shape index (κ2) is 7.44. The predicted molar refractivity (Wildman–Crippen MR) is 106 cm³/mol. The smallest absolute Gasteiger partial charge is 0.410 e. The topological polar surface area (TPSA) is 76.6 Å². The van der Waals surface area contributed by atoms with E-state index in [0.717, 1.165) is 26.7 Å². The summed E-state index contributed by atoms with van der Waals surface area (Å²) in [7, 11) is -4.11. The maximum absolute atomic E-state index is 15.8. The maximum atomic E-state index is 15.8. The van der Waals surface area contributed by atoms with Crippen molar-refractivity contribution in [3.05, 3.63) is 52.0 Å². The molecule has 1 aromatic heterocycles. The summed E-state index contributed by atoms with van der Waals surface area (Å²) in [5, 5.41) is -2.88. The van der Waals surface area contributed by atoms with E-state index in [-0.39, 0.29) is 11.6 Å². The van der Waals surface area contributed by atoms with Crippen molar-refractivity contribution in [1.82, 2.24) is 9.88 Å². The summed E-state index contributed by atoms with van der Waals surface area (Å²) in [5.41, 5.74) is 0.267. The highest BCUT2D eigenvalue weighted by Gasteiger charge is 2.54. The van der Waals surface area contributed by atoms with Crippen molar-refractivity contribution in [2.75, 3.05) is 18.8 Å². The van der Waals surface area contributed by atoms with E-state index < -0.39 is 38.8 Å². The number of carbonyl (C=O) groups is 1. The SMILES string of the molecule is CC(C)(C)OC(=O)N1CCS(=O)(=O)C(F)(c2ncc(Cc3ccccc3)s2)C1. The Morgan fingerprint density at radius 2 is 2.00 bits per heavy atom. The van der Waals surface area contributed by atoms with Crippen LogP contribution in [-0.2, 0) is 26.0 Å². The quantitative estimate of drug-likeness (QED) is 0.751. The van der Waals surface area contributed by atoms with E-state index in [2.05, 4.69) is 4.98 Å². The number of nitrogens with zero attached hydrogens (tertiary/aromatic N) is 2. The molecule has 0 N–H and O–H groups in total. The number of amides is 1. The third kappa shape index (κ3) is 4.35. The first-order valence-corrected chi connectivity index (χ1v) is 11.4. The number of sulfone groups is 1. The number of thiazole rings is 1. The van der Waals surface area contributed by atoms with Crippen LogP contribution in [0, 0.1) is 0 Å². The molecule has 0 radical (unpaired) electrons. The molecule has 2 aromatic rings. The number of benzene rings is 1. The molecule has 9 heteroatoms. The monoisotopic (exact) mass is 426 g/mol. The van der Waals surface area contributed by atoms with Gasteiger partial charge < -0.3 is 9.64 Å². The Balaban J connectivity index is 1.84. The van der Waals surface area contributed by atoms with E-state index in [0.29, 0.717) is 6.42 Å². The molecular weight excluding hydrogens is 403 g/mol. The van der Waals surface area contributed by atoms with E-state index >= 15 is 4.39 Å². The number of carbonyl (C=O) groups excluding carboxylic acids is 1. The molecule has 1 aromatic carbocycles. The standard InChI is InChI=1S/C19H23FN2O4S2/c1-18(2,3)26-17(23)22-9-10-28(24,25)19(20,13-22)16-21-12-15(27-16)11-14-7-5-4-6-8-14/h4-8,12H,9-11,13H2,1-3H3. The molecule has 2 heterocycles. The molecule has 1 unspecified atom stereocenters. The molecule has 1 aliphatic heterocycles. The highest BCUT2D eigenvalue weighted by molar-refractivity contribution is 7.92. The van der Waals surface area contributed by atoms with Crippen molar-refractivity contribution < 1.29 is 22.3 Å². The van der Waals surface area contributed by atoms with Gasteiger partial charge in [-0.2, -0.15) is 0 Å². The van der Waals surface area contributed by atoms with E-state index in [1.54, 1.807) is 20.8 Å². The Morgan fingerprint density at radius 3 is 2.64 bits per heavy atom. The van der Waals surface area contributed by atoms with Gasteiger partial charge in [0, 0.05) is 24.0 Å². The van der Waals surface area contributed by atoms with Crippen LogP contribution in [0.1, 0.15) is 36.2 Å². The Morgan fingerprint density at radius 1 is 1.32 bits per heavy atom. The molecule has 6 nitrogen and oxygen atoms in total. The van der Waals surface area contributed by atoms with E-state index in [1.165, 1.54) is 6.20 Å². The lowest BCUT2D eigenvalue weighted by molar-refractivity contribution is 0.0169. The zero-order chi connectivity index (χ0) is 20.6. The minimum absolute atomic E-state index is 0.106. The Bertz CT molecular complexity index is 954. The summed E-state index contributed by atoms with van der Waals surface area (Å²) in [6, 6.07) is 9.58. The van der Waals surface area contributed by atoms with Gasteiger partial charge in [-0.3, -0.25) is 0 Å². The normalized spacial score (nSPS) is 22.1. The molecule has 1 atom stereocenters. The fraction of sp³-hybridized carbons (Fsp3) is 0.474. The molecule has 0 aliphatic carbocycles. The lowest BCUT2D eigenvalue weighted by Gasteiger charge is -2.36. The molecule has 1 amide bonds. The summed E-state index contributed by atoms with van der Waals surface area (Å²) < 4.78 is 46.1. The fourth-order valence-corrected chi connectivity index (χ4v) is 5.73. The van der Waals surface area contributed by atoms with Gasteiger partial charge in [0.15, 0.2) is 9.84 Å². The van der Waals surface area contributed by atoms with Crippen molar-refractivity contribution in [2.45, 2.75) is 37.8 Å². The number of rotatable bonds is 3. The number of hydrogen-bond acceptors (Lipinski definition) is 6. The first-order chi connectivity index (χ1) is 13.0. The molecule has 1 aliphatic rings. The summed E-state index contributed by atoms with van der Waals surface area (Å²) in [5.74, 6) is -0.476. The highest BCUT2D eigenvalue weighted by Crippen LogP contribution is 2.39. The Labute approximate surface area is 168 Å². The summed E-state index contributed by atoms with van der Waals surface area (Å²) >= 11 is 1.02. The van der Waals surface area contributed by atoms with Gasteiger partial charge in [0.25, 0.3) is 5.00 Å². The molecule has 152 valence electrons. The summed E-state index contributed by atoms with van der Waals surface area (Å²) in [6.07, 6.45) is 1.30. The molecule has 0 saturated carbocycles. The van der Waals surface area contributed by atoms with Crippen LogP contribution in [0.5, 0.6) is 0 Å². The maximum Gasteiger partial charge on any atom is 0.410 e. The predicted octanol–water partition coefficient (Wildman–Crippen LogP) is 3.52. The fourth-order valence-electron chi connectivity index (χ4n) is 2.86. The van der Waals surface area contributed by atoms with Gasteiger partial charge in [0.05, 0.1) is 12.3 Å². The van der Waals surface area contributed by atoms with Crippen molar-refractivity contribution in [2.24, 2.45) is 0 Å². The zero-order valence-electron chi connectivity index (χ0n) is 16.0. The van der Waals surface area contributed by atoms with E-state index in [9.17, 15) is 13.2 Å².